The third kappa shape index (κ3) is 2.54. The lowest BCUT2D eigenvalue weighted by molar-refractivity contribution is -0.150. The molecular formula is C21H32O4. The predicted octanol–water partition coefficient (Wildman–Crippen LogP) is 3.83. The van der Waals surface area contributed by atoms with Gasteiger partial charge in [-0.3, -0.25) is 9.59 Å². The first kappa shape index (κ1) is 17.4. The Bertz CT molecular complexity index is 536. The number of fused-ring (bicyclic) bond motifs is 12. The van der Waals surface area contributed by atoms with Crippen LogP contribution in [-0.2, 0) is 19.1 Å². The second-order valence-electron chi connectivity index (χ2n) is 9.60. The molecule has 1 aliphatic heterocycles. The maximum absolute atomic E-state index is 11.5. The van der Waals surface area contributed by atoms with Crippen molar-refractivity contribution in [3.63, 3.8) is 0 Å². The van der Waals surface area contributed by atoms with Gasteiger partial charge < -0.3 is 9.47 Å². The third-order valence-electron chi connectivity index (χ3n) is 8.27. The summed E-state index contributed by atoms with van der Waals surface area (Å²) >= 11 is 0. The number of ether oxygens (including phenoxy) is 2. The predicted molar refractivity (Wildman–Crippen MR) is 93.5 cm³/mol. The monoisotopic (exact) mass is 348 g/mol. The molecule has 0 amide bonds. The van der Waals surface area contributed by atoms with Crippen LogP contribution in [0.4, 0.5) is 0 Å². The van der Waals surface area contributed by atoms with E-state index in [0.29, 0.717) is 12.0 Å². The minimum Gasteiger partial charge on any atom is -0.469 e. The van der Waals surface area contributed by atoms with E-state index >= 15 is 0 Å². The molecule has 0 aromatic carbocycles. The lowest BCUT2D eigenvalue weighted by atomic mass is 9.66. The van der Waals surface area contributed by atoms with E-state index in [1.807, 2.05) is 20.8 Å². The van der Waals surface area contributed by atoms with E-state index in [1.165, 1.54) is 32.8 Å². The smallest absolute Gasteiger partial charge is 0.311 e. The molecule has 4 nitrogen and oxygen atoms in total. The van der Waals surface area contributed by atoms with Gasteiger partial charge in [-0.05, 0) is 81.5 Å². The van der Waals surface area contributed by atoms with Crippen LogP contribution >= 0.6 is 0 Å². The Hall–Kier alpha value is -1.06. The molecule has 5 fully saturated rings. The van der Waals surface area contributed by atoms with Crippen molar-refractivity contribution in [2.45, 2.75) is 65.4 Å². The molecule has 0 aromatic rings. The first-order valence-corrected chi connectivity index (χ1v) is 10.1. The Kier molecular flexibility index (Phi) is 4.16. The minimum atomic E-state index is -0.311. The lowest BCUT2D eigenvalue weighted by Gasteiger charge is -2.39. The molecule has 0 aromatic heterocycles. The van der Waals surface area contributed by atoms with Crippen LogP contribution in [-0.4, -0.2) is 25.2 Å². The Morgan fingerprint density at radius 2 is 1.76 bits per heavy atom. The van der Waals surface area contributed by atoms with Crippen molar-refractivity contribution in [2.75, 3.05) is 7.11 Å². The van der Waals surface area contributed by atoms with Gasteiger partial charge in [0.15, 0.2) is 0 Å². The molecule has 5 aliphatic rings. The third-order valence-corrected chi connectivity index (χ3v) is 8.27. The zero-order valence-electron chi connectivity index (χ0n) is 16.0. The molecule has 140 valence electrons. The van der Waals surface area contributed by atoms with E-state index in [0.717, 1.165) is 48.3 Å². The van der Waals surface area contributed by atoms with Crippen LogP contribution in [0.25, 0.3) is 0 Å². The van der Waals surface area contributed by atoms with Gasteiger partial charge in [-0.2, -0.15) is 0 Å². The van der Waals surface area contributed by atoms with Crippen molar-refractivity contribution >= 4 is 11.9 Å². The van der Waals surface area contributed by atoms with E-state index < -0.39 is 0 Å². The molecule has 0 spiro atoms. The maximum Gasteiger partial charge on any atom is 0.311 e. The highest BCUT2D eigenvalue weighted by Gasteiger charge is 2.68. The Balaban J connectivity index is 0.000000152. The number of carbonyl (C=O) groups excluding carboxylic acids is 2. The summed E-state index contributed by atoms with van der Waals surface area (Å²) < 4.78 is 10.2. The number of hydrogen-bond donors (Lipinski definition) is 0. The normalized spacial score (nSPS) is 45.5. The Labute approximate surface area is 151 Å². The van der Waals surface area contributed by atoms with Crippen LogP contribution in [0, 0.1) is 46.8 Å². The molecule has 1 heterocycles. The van der Waals surface area contributed by atoms with Gasteiger partial charge in [-0.25, -0.2) is 0 Å². The quantitative estimate of drug-likeness (QED) is 0.562. The fourth-order valence-electron chi connectivity index (χ4n) is 6.91. The summed E-state index contributed by atoms with van der Waals surface area (Å²) in [7, 11) is 1.42. The van der Waals surface area contributed by atoms with E-state index in [-0.39, 0.29) is 17.4 Å². The van der Waals surface area contributed by atoms with Gasteiger partial charge in [0.1, 0.15) is 6.10 Å². The van der Waals surface area contributed by atoms with Crippen molar-refractivity contribution in [3.8, 4) is 0 Å². The largest absolute Gasteiger partial charge is 0.469 e. The number of esters is 2. The number of carbonyl (C=O) groups is 2. The minimum absolute atomic E-state index is 0.0945. The molecular weight excluding hydrogens is 316 g/mol. The van der Waals surface area contributed by atoms with E-state index in [4.69, 9.17) is 4.74 Å². The summed E-state index contributed by atoms with van der Waals surface area (Å²) in [6.07, 6.45) is 7.77. The summed E-state index contributed by atoms with van der Waals surface area (Å²) in [5.41, 5.74) is -0.311. The summed E-state index contributed by atoms with van der Waals surface area (Å²) in [6.45, 7) is 5.72. The Morgan fingerprint density at radius 1 is 1.12 bits per heavy atom. The molecule has 8 atom stereocenters. The summed E-state index contributed by atoms with van der Waals surface area (Å²) in [5, 5.41) is 0. The van der Waals surface area contributed by atoms with Crippen molar-refractivity contribution in [3.05, 3.63) is 0 Å². The molecule has 8 unspecified atom stereocenters. The second kappa shape index (κ2) is 5.99. The molecule has 5 rings (SSSR count). The van der Waals surface area contributed by atoms with Gasteiger partial charge in [0.25, 0.3) is 0 Å². The van der Waals surface area contributed by atoms with E-state index in [1.54, 1.807) is 0 Å². The number of hydrogen-bond acceptors (Lipinski definition) is 4. The van der Waals surface area contributed by atoms with Gasteiger partial charge in [-0.15, -0.1) is 0 Å². The van der Waals surface area contributed by atoms with Crippen LogP contribution < -0.4 is 0 Å². The molecule has 0 radical (unpaired) electrons. The molecule has 4 bridgehead atoms. The maximum atomic E-state index is 11.5. The fourth-order valence-corrected chi connectivity index (χ4v) is 6.91. The molecule has 25 heavy (non-hydrogen) atoms. The highest BCUT2D eigenvalue weighted by molar-refractivity contribution is 5.75. The van der Waals surface area contributed by atoms with Gasteiger partial charge >= 0.3 is 11.9 Å². The summed E-state index contributed by atoms with van der Waals surface area (Å²) in [4.78, 5) is 22.3. The summed E-state index contributed by atoms with van der Waals surface area (Å²) in [6, 6.07) is 0. The van der Waals surface area contributed by atoms with Crippen LogP contribution in [0.2, 0.25) is 0 Å². The van der Waals surface area contributed by atoms with Gasteiger partial charge in [0.2, 0.25) is 0 Å². The van der Waals surface area contributed by atoms with E-state index in [2.05, 4.69) is 4.74 Å². The van der Waals surface area contributed by atoms with E-state index in [9.17, 15) is 9.59 Å². The standard InChI is InChI=1S/C14H18O2.C7H14O2/c15-11-5-9-8-4-10(14(9)16-11)13-7-2-1-6(3-7)12(8)13;1-5-7(2,3)6(8)9-4/h6-10,12-14H,1-5H2;5H2,1-4H3. The first-order chi connectivity index (χ1) is 11.9. The van der Waals surface area contributed by atoms with Crippen LogP contribution in [0.15, 0.2) is 0 Å². The van der Waals surface area contributed by atoms with Gasteiger partial charge in [0.05, 0.1) is 18.9 Å². The molecule has 1 saturated heterocycles. The van der Waals surface area contributed by atoms with Crippen LogP contribution in [0.1, 0.15) is 59.3 Å². The van der Waals surface area contributed by atoms with Crippen molar-refractivity contribution < 1.29 is 19.1 Å². The molecule has 4 saturated carbocycles. The fraction of sp³-hybridized carbons (Fsp3) is 0.905. The first-order valence-electron chi connectivity index (χ1n) is 10.1. The highest BCUT2D eigenvalue weighted by Crippen LogP contribution is 2.70. The van der Waals surface area contributed by atoms with Crippen molar-refractivity contribution in [2.24, 2.45) is 46.8 Å². The zero-order chi connectivity index (χ0) is 17.9. The van der Waals surface area contributed by atoms with Gasteiger partial charge in [0, 0.05) is 5.92 Å². The highest BCUT2D eigenvalue weighted by atomic mass is 16.6. The average molecular weight is 348 g/mol. The van der Waals surface area contributed by atoms with Crippen molar-refractivity contribution in [1.82, 2.24) is 0 Å². The molecule has 0 N–H and O–H groups in total. The average Bonchev–Trinajstić information content (AvgIpc) is 3.35. The van der Waals surface area contributed by atoms with Crippen molar-refractivity contribution in [1.29, 1.82) is 0 Å². The van der Waals surface area contributed by atoms with Crippen LogP contribution in [0.5, 0.6) is 0 Å². The SMILES string of the molecule is CCC(C)(C)C(=O)OC.O=C1CC2C3CC(C2O1)C1C2CCC(C2)C31. The number of methoxy groups -OCH3 is 1. The van der Waals surface area contributed by atoms with Crippen LogP contribution in [0.3, 0.4) is 0 Å². The van der Waals surface area contributed by atoms with Gasteiger partial charge in [-0.1, -0.05) is 6.92 Å². The molecule has 4 aliphatic carbocycles. The number of rotatable bonds is 2. The topological polar surface area (TPSA) is 52.6 Å². The molecule has 4 heteroatoms. The second-order valence-corrected chi connectivity index (χ2v) is 9.60. The summed E-state index contributed by atoms with van der Waals surface area (Å²) in [5.74, 6) is 6.20. The lowest BCUT2D eigenvalue weighted by Crippen LogP contribution is -2.39. The zero-order valence-corrected chi connectivity index (χ0v) is 16.0. The Morgan fingerprint density at radius 3 is 2.32 bits per heavy atom.